The molecule has 0 spiro atoms. The first kappa shape index (κ1) is 21.3. The highest BCUT2D eigenvalue weighted by atomic mass is 79.9. The molecular weight excluding hydrogens is 408 g/mol. The largest absolute Gasteiger partial charge is 0.356 e. The molecule has 0 saturated heterocycles. The molecule has 2 rings (SSSR count). The minimum atomic E-state index is -0.322. The van der Waals surface area contributed by atoms with Gasteiger partial charge in [0.1, 0.15) is 0 Å². The van der Waals surface area contributed by atoms with Crippen LogP contribution in [0, 0.1) is 12.8 Å². The minimum Gasteiger partial charge on any atom is -0.356 e. The van der Waals surface area contributed by atoms with E-state index in [1.807, 2.05) is 29.8 Å². The van der Waals surface area contributed by atoms with E-state index in [0.717, 1.165) is 29.6 Å². The third-order valence-corrected chi connectivity index (χ3v) is 5.20. The van der Waals surface area contributed by atoms with Crippen LogP contribution in [-0.4, -0.2) is 34.6 Å². The molecule has 0 saturated carbocycles. The average molecular weight is 435 g/mol. The summed E-state index contributed by atoms with van der Waals surface area (Å²) in [6.07, 6.45) is 3.87. The van der Waals surface area contributed by atoms with Crippen LogP contribution in [0.2, 0.25) is 0 Å². The number of Topliss-reactive ketones (excluding diaryl/α,β-unsaturated/α-hetero) is 1. The van der Waals surface area contributed by atoms with E-state index < -0.39 is 0 Å². The zero-order valence-corrected chi connectivity index (χ0v) is 17.5. The van der Waals surface area contributed by atoms with Gasteiger partial charge in [-0.25, -0.2) is 0 Å². The lowest BCUT2D eigenvalue weighted by Gasteiger charge is -2.12. The Kier molecular flexibility index (Phi) is 8.67. The predicted octanol–water partition coefficient (Wildman–Crippen LogP) is 3.31. The Bertz CT molecular complexity index is 746. The molecule has 1 unspecified atom stereocenters. The van der Waals surface area contributed by atoms with E-state index in [1.165, 1.54) is 0 Å². The van der Waals surface area contributed by atoms with Crippen molar-refractivity contribution in [3.05, 3.63) is 52.3 Å². The summed E-state index contributed by atoms with van der Waals surface area (Å²) in [7, 11) is 0. The van der Waals surface area contributed by atoms with Crippen molar-refractivity contribution >= 4 is 27.6 Å². The number of carbonyl (C=O) groups excluding carboxylic acids is 2. The van der Waals surface area contributed by atoms with Crippen molar-refractivity contribution in [2.45, 2.75) is 39.8 Å². The number of hydrogen-bond donors (Lipinski definition) is 2. The van der Waals surface area contributed by atoms with Crippen molar-refractivity contribution in [2.75, 3.05) is 13.1 Å². The Morgan fingerprint density at radius 3 is 2.56 bits per heavy atom. The Labute approximate surface area is 168 Å². The monoisotopic (exact) mass is 434 g/mol. The Hall–Kier alpha value is -1.99. The topological polar surface area (TPSA) is 76.0 Å². The summed E-state index contributed by atoms with van der Waals surface area (Å²) in [4.78, 5) is 24.3. The third-order valence-electron chi connectivity index (χ3n) is 4.42. The first-order valence-corrected chi connectivity index (χ1v) is 10.0. The Balaban J connectivity index is 1.56. The van der Waals surface area contributed by atoms with Crippen molar-refractivity contribution in [1.29, 1.82) is 0 Å². The molecule has 0 aliphatic rings. The third kappa shape index (κ3) is 6.92. The Morgan fingerprint density at radius 1 is 1.19 bits per heavy atom. The maximum absolute atomic E-state index is 12.2. The van der Waals surface area contributed by atoms with Gasteiger partial charge in [0.25, 0.3) is 0 Å². The van der Waals surface area contributed by atoms with Crippen molar-refractivity contribution in [3.63, 3.8) is 0 Å². The quantitative estimate of drug-likeness (QED) is 0.420. The second kappa shape index (κ2) is 11.0. The highest BCUT2D eigenvalue weighted by Crippen LogP contribution is 2.13. The molecule has 1 aromatic carbocycles. The molecule has 0 radical (unpaired) electrons. The fraction of sp³-hybridized carbons (Fsp3) is 0.450. The summed E-state index contributed by atoms with van der Waals surface area (Å²) in [6.45, 7) is 5.95. The SMILES string of the molecule is Cc1c(Br)cnn1CNCCCCNC(=O)C(C)CC(=O)c1ccccc1. The van der Waals surface area contributed by atoms with Crippen molar-refractivity contribution in [3.8, 4) is 0 Å². The van der Waals surface area contributed by atoms with Crippen molar-refractivity contribution in [2.24, 2.45) is 5.92 Å². The molecule has 27 heavy (non-hydrogen) atoms. The molecule has 6 nitrogen and oxygen atoms in total. The van der Waals surface area contributed by atoms with E-state index in [2.05, 4.69) is 31.7 Å². The molecule has 1 aromatic heterocycles. The number of rotatable bonds is 11. The van der Waals surface area contributed by atoms with Gasteiger partial charge in [0, 0.05) is 24.4 Å². The lowest BCUT2D eigenvalue weighted by Crippen LogP contribution is -2.31. The molecule has 0 bridgehead atoms. The maximum atomic E-state index is 12.2. The summed E-state index contributed by atoms with van der Waals surface area (Å²) in [5, 5.41) is 10.5. The molecule has 2 N–H and O–H groups in total. The first-order chi connectivity index (χ1) is 13.0. The molecule has 1 amide bonds. The van der Waals surface area contributed by atoms with Crippen molar-refractivity contribution < 1.29 is 9.59 Å². The van der Waals surface area contributed by atoms with Crippen LogP contribution in [0.1, 0.15) is 42.2 Å². The number of carbonyl (C=O) groups is 2. The molecule has 1 heterocycles. The molecule has 0 fully saturated rings. The fourth-order valence-electron chi connectivity index (χ4n) is 2.64. The van der Waals surface area contributed by atoms with Gasteiger partial charge in [-0.1, -0.05) is 37.3 Å². The average Bonchev–Trinajstić information content (AvgIpc) is 2.99. The molecule has 0 aliphatic heterocycles. The van der Waals surface area contributed by atoms with Crippen LogP contribution in [-0.2, 0) is 11.5 Å². The molecule has 2 aromatic rings. The zero-order chi connectivity index (χ0) is 19.6. The van der Waals surface area contributed by atoms with Gasteiger partial charge in [-0.15, -0.1) is 0 Å². The van der Waals surface area contributed by atoms with Crippen LogP contribution >= 0.6 is 15.9 Å². The van der Waals surface area contributed by atoms with Gasteiger partial charge in [-0.05, 0) is 42.2 Å². The van der Waals surface area contributed by atoms with Crippen LogP contribution in [0.25, 0.3) is 0 Å². The lowest BCUT2D eigenvalue weighted by atomic mass is 9.99. The normalized spacial score (nSPS) is 12.0. The van der Waals surface area contributed by atoms with Crippen LogP contribution in [0.4, 0.5) is 0 Å². The van der Waals surface area contributed by atoms with E-state index in [9.17, 15) is 9.59 Å². The van der Waals surface area contributed by atoms with E-state index >= 15 is 0 Å². The van der Waals surface area contributed by atoms with Gasteiger partial charge in [0.15, 0.2) is 5.78 Å². The number of nitrogens with one attached hydrogen (secondary N) is 2. The maximum Gasteiger partial charge on any atom is 0.223 e. The fourth-order valence-corrected chi connectivity index (χ4v) is 2.94. The molecule has 146 valence electrons. The summed E-state index contributed by atoms with van der Waals surface area (Å²) in [5.74, 6) is -0.385. The molecule has 0 aliphatic carbocycles. The summed E-state index contributed by atoms with van der Waals surface area (Å²) in [5.41, 5.74) is 1.75. The second-order valence-electron chi connectivity index (χ2n) is 6.63. The Morgan fingerprint density at radius 2 is 1.89 bits per heavy atom. The lowest BCUT2D eigenvalue weighted by molar-refractivity contribution is -0.124. The zero-order valence-electron chi connectivity index (χ0n) is 15.9. The number of amides is 1. The highest BCUT2D eigenvalue weighted by molar-refractivity contribution is 9.10. The molecule has 7 heteroatoms. The number of hydrogen-bond acceptors (Lipinski definition) is 4. The van der Waals surface area contributed by atoms with E-state index in [-0.39, 0.29) is 24.0 Å². The first-order valence-electron chi connectivity index (χ1n) is 9.23. The van der Waals surface area contributed by atoms with Gasteiger partial charge < -0.3 is 5.32 Å². The predicted molar refractivity (Wildman–Crippen MR) is 109 cm³/mol. The second-order valence-corrected chi connectivity index (χ2v) is 7.48. The molecular formula is C20H27BrN4O2. The van der Waals surface area contributed by atoms with Gasteiger partial charge in [0.05, 0.1) is 23.0 Å². The highest BCUT2D eigenvalue weighted by Gasteiger charge is 2.17. The number of ketones is 1. The standard InChI is InChI=1S/C20H27BrN4O2/c1-15(12-19(26)17-8-4-3-5-9-17)20(27)23-11-7-6-10-22-14-25-16(2)18(21)13-24-25/h3-5,8-9,13,15,22H,6-7,10-12,14H2,1-2H3,(H,23,27). The number of aromatic nitrogens is 2. The van der Waals surface area contributed by atoms with Crippen molar-refractivity contribution in [1.82, 2.24) is 20.4 Å². The summed E-state index contributed by atoms with van der Waals surface area (Å²) >= 11 is 3.44. The smallest absolute Gasteiger partial charge is 0.223 e. The van der Waals surface area contributed by atoms with E-state index in [1.54, 1.807) is 25.3 Å². The van der Waals surface area contributed by atoms with Gasteiger partial charge in [-0.2, -0.15) is 5.10 Å². The molecule has 1 atom stereocenters. The summed E-state index contributed by atoms with van der Waals surface area (Å²) < 4.78 is 2.91. The van der Waals surface area contributed by atoms with Crippen LogP contribution in [0.3, 0.4) is 0 Å². The van der Waals surface area contributed by atoms with Crippen LogP contribution < -0.4 is 10.6 Å². The van der Waals surface area contributed by atoms with Gasteiger partial charge in [0.2, 0.25) is 5.91 Å². The minimum absolute atomic E-state index is 0.00278. The number of nitrogens with zero attached hydrogens (tertiary/aromatic N) is 2. The van der Waals surface area contributed by atoms with Gasteiger partial charge >= 0.3 is 0 Å². The number of unbranched alkanes of at least 4 members (excludes halogenated alkanes) is 1. The van der Waals surface area contributed by atoms with Crippen LogP contribution in [0.5, 0.6) is 0 Å². The van der Waals surface area contributed by atoms with Gasteiger partial charge in [-0.3, -0.25) is 19.6 Å². The number of halogens is 1. The van der Waals surface area contributed by atoms with E-state index in [4.69, 9.17) is 0 Å². The van der Waals surface area contributed by atoms with E-state index in [0.29, 0.717) is 18.8 Å². The van der Waals surface area contributed by atoms with Crippen LogP contribution in [0.15, 0.2) is 41.0 Å². The summed E-state index contributed by atoms with van der Waals surface area (Å²) in [6, 6.07) is 9.10. The number of benzene rings is 1.